The molecule has 3 rings (SSSR count). The molecule has 0 spiro atoms. The van der Waals surface area contributed by atoms with Gasteiger partial charge in [-0.05, 0) is 34.7 Å². The molecule has 114 valence electrons. The van der Waals surface area contributed by atoms with Crippen LogP contribution in [0.25, 0.3) is 0 Å². The molecular formula is C18H20N2O2. The Kier molecular flexibility index (Phi) is 3.71. The van der Waals surface area contributed by atoms with Crippen molar-refractivity contribution in [1.82, 2.24) is 9.88 Å². The minimum atomic E-state index is -0.880. The maximum Gasteiger partial charge on any atom is 0.335 e. The Morgan fingerprint density at radius 1 is 1.36 bits per heavy atom. The van der Waals surface area contributed by atoms with Crippen molar-refractivity contribution in [2.75, 3.05) is 6.54 Å². The number of likely N-dealkylation sites (tertiary alicyclic amines) is 1. The molecule has 4 nitrogen and oxygen atoms in total. The van der Waals surface area contributed by atoms with Crippen molar-refractivity contribution in [2.24, 2.45) is 5.41 Å². The van der Waals surface area contributed by atoms with Crippen molar-refractivity contribution < 1.29 is 9.90 Å². The number of carbonyl (C=O) groups is 1. The predicted molar refractivity (Wildman–Crippen MR) is 84.6 cm³/mol. The molecule has 2 heterocycles. The number of pyridine rings is 1. The maximum atomic E-state index is 11.1. The Labute approximate surface area is 130 Å². The van der Waals surface area contributed by atoms with Gasteiger partial charge in [0.2, 0.25) is 0 Å². The summed E-state index contributed by atoms with van der Waals surface area (Å²) >= 11 is 0. The first-order chi connectivity index (χ1) is 10.5. The van der Waals surface area contributed by atoms with Gasteiger partial charge in [0.1, 0.15) is 0 Å². The van der Waals surface area contributed by atoms with E-state index in [9.17, 15) is 4.79 Å². The van der Waals surface area contributed by atoms with Crippen LogP contribution >= 0.6 is 0 Å². The summed E-state index contributed by atoms with van der Waals surface area (Å²) in [7, 11) is 0. The van der Waals surface area contributed by atoms with Gasteiger partial charge in [-0.15, -0.1) is 0 Å². The van der Waals surface area contributed by atoms with Crippen molar-refractivity contribution in [2.45, 2.75) is 26.4 Å². The first kappa shape index (κ1) is 14.7. The van der Waals surface area contributed by atoms with Crippen LogP contribution in [-0.2, 0) is 6.54 Å². The van der Waals surface area contributed by atoms with Crippen LogP contribution in [0.2, 0.25) is 0 Å². The highest BCUT2D eigenvalue weighted by atomic mass is 16.4. The normalized spacial score (nSPS) is 20.4. The molecule has 1 aromatic heterocycles. The Bertz CT molecular complexity index is 682. The highest BCUT2D eigenvalue weighted by Crippen LogP contribution is 2.48. The van der Waals surface area contributed by atoms with E-state index in [-0.39, 0.29) is 5.41 Å². The van der Waals surface area contributed by atoms with Crippen LogP contribution in [0.4, 0.5) is 0 Å². The number of carboxylic acids is 1. The molecule has 0 radical (unpaired) electrons. The van der Waals surface area contributed by atoms with E-state index in [0.29, 0.717) is 11.6 Å². The minimum absolute atomic E-state index is 0.202. The molecule has 4 heteroatoms. The predicted octanol–water partition coefficient (Wildman–Crippen LogP) is 3.36. The molecule has 1 aliphatic heterocycles. The molecule has 1 saturated heterocycles. The number of nitrogens with zero attached hydrogens (tertiary/aromatic N) is 2. The summed E-state index contributed by atoms with van der Waals surface area (Å²) in [6, 6.07) is 11.6. The fourth-order valence-electron chi connectivity index (χ4n) is 3.47. The van der Waals surface area contributed by atoms with E-state index in [4.69, 9.17) is 5.11 Å². The van der Waals surface area contributed by atoms with Crippen molar-refractivity contribution in [3.05, 3.63) is 65.5 Å². The number of benzene rings is 1. The Balaban J connectivity index is 1.81. The monoisotopic (exact) mass is 296 g/mol. The first-order valence-electron chi connectivity index (χ1n) is 7.43. The Morgan fingerprint density at radius 3 is 2.82 bits per heavy atom. The number of rotatable bonds is 4. The van der Waals surface area contributed by atoms with E-state index in [1.54, 1.807) is 18.3 Å². The van der Waals surface area contributed by atoms with E-state index < -0.39 is 5.97 Å². The van der Waals surface area contributed by atoms with Gasteiger partial charge < -0.3 is 5.11 Å². The van der Waals surface area contributed by atoms with Gasteiger partial charge in [0.15, 0.2) is 0 Å². The molecule has 0 amide bonds. The van der Waals surface area contributed by atoms with Crippen molar-refractivity contribution in [3.8, 4) is 0 Å². The molecule has 2 aromatic rings. The lowest BCUT2D eigenvalue weighted by atomic mass is 9.72. The molecule has 1 unspecified atom stereocenters. The number of hydrogen-bond acceptors (Lipinski definition) is 3. The van der Waals surface area contributed by atoms with Crippen molar-refractivity contribution >= 4 is 5.97 Å². The van der Waals surface area contributed by atoms with Crippen molar-refractivity contribution in [3.63, 3.8) is 0 Å². The van der Waals surface area contributed by atoms with E-state index in [1.807, 2.05) is 24.4 Å². The molecule has 0 saturated carbocycles. The fourth-order valence-corrected chi connectivity index (χ4v) is 3.47. The third kappa shape index (κ3) is 2.74. The Morgan fingerprint density at radius 2 is 2.18 bits per heavy atom. The van der Waals surface area contributed by atoms with Gasteiger partial charge in [-0.1, -0.05) is 32.0 Å². The summed E-state index contributed by atoms with van der Waals surface area (Å²) in [5.41, 5.74) is 2.79. The fraction of sp³-hybridized carbons (Fsp3) is 0.333. The number of aromatic carboxylic acids is 1. The molecule has 1 atom stereocenters. The minimum Gasteiger partial charge on any atom is -0.478 e. The highest BCUT2D eigenvalue weighted by molar-refractivity contribution is 5.87. The molecule has 1 fully saturated rings. The Hall–Kier alpha value is -2.20. The second kappa shape index (κ2) is 5.54. The summed E-state index contributed by atoms with van der Waals surface area (Å²) in [5.74, 6) is -0.880. The summed E-state index contributed by atoms with van der Waals surface area (Å²) in [5, 5.41) is 9.11. The molecule has 1 aliphatic rings. The zero-order valence-electron chi connectivity index (χ0n) is 12.9. The lowest BCUT2D eigenvalue weighted by molar-refractivity contribution is -0.0590. The molecule has 22 heavy (non-hydrogen) atoms. The molecule has 0 bridgehead atoms. The lowest BCUT2D eigenvalue weighted by Gasteiger charge is -2.54. The van der Waals surface area contributed by atoms with Crippen LogP contribution in [0.15, 0.2) is 48.8 Å². The highest BCUT2D eigenvalue weighted by Gasteiger charge is 2.46. The summed E-state index contributed by atoms with van der Waals surface area (Å²) in [4.78, 5) is 17.7. The van der Waals surface area contributed by atoms with Crippen molar-refractivity contribution in [1.29, 1.82) is 0 Å². The van der Waals surface area contributed by atoms with Crippen LogP contribution in [0.5, 0.6) is 0 Å². The van der Waals surface area contributed by atoms with Crippen LogP contribution in [0.3, 0.4) is 0 Å². The van der Waals surface area contributed by atoms with E-state index >= 15 is 0 Å². The topological polar surface area (TPSA) is 53.4 Å². The summed E-state index contributed by atoms with van der Waals surface area (Å²) in [6.45, 7) is 6.26. The molecule has 0 aliphatic carbocycles. The third-order valence-corrected chi connectivity index (χ3v) is 4.28. The standard InChI is InChI=1S/C18H20N2O2/c1-18(2)12-20(16(18)15-7-4-8-19-10-15)11-13-5-3-6-14(9-13)17(21)22/h3-10,16H,11-12H2,1-2H3,(H,21,22). The largest absolute Gasteiger partial charge is 0.478 e. The van der Waals surface area contributed by atoms with Gasteiger partial charge in [0.05, 0.1) is 5.56 Å². The third-order valence-electron chi connectivity index (χ3n) is 4.28. The second-order valence-electron chi connectivity index (χ2n) is 6.59. The van der Waals surface area contributed by atoms with Crippen LogP contribution in [-0.4, -0.2) is 27.5 Å². The van der Waals surface area contributed by atoms with Crippen LogP contribution < -0.4 is 0 Å². The number of aromatic nitrogens is 1. The van der Waals surface area contributed by atoms with Gasteiger partial charge in [-0.3, -0.25) is 9.88 Å². The number of hydrogen-bond donors (Lipinski definition) is 1. The molecular weight excluding hydrogens is 276 g/mol. The van der Waals surface area contributed by atoms with Crippen LogP contribution in [0.1, 0.15) is 41.4 Å². The zero-order valence-corrected chi connectivity index (χ0v) is 12.9. The number of carboxylic acid groups (broad SMARTS) is 1. The summed E-state index contributed by atoms with van der Waals surface area (Å²) < 4.78 is 0. The first-order valence-corrected chi connectivity index (χ1v) is 7.43. The van der Waals surface area contributed by atoms with E-state index in [2.05, 4.69) is 29.8 Å². The van der Waals surface area contributed by atoms with E-state index in [0.717, 1.165) is 18.7 Å². The smallest absolute Gasteiger partial charge is 0.335 e. The average Bonchev–Trinajstić information content (AvgIpc) is 2.47. The van der Waals surface area contributed by atoms with Gasteiger partial charge in [0.25, 0.3) is 0 Å². The van der Waals surface area contributed by atoms with Gasteiger partial charge >= 0.3 is 5.97 Å². The van der Waals surface area contributed by atoms with Gasteiger partial charge in [-0.25, -0.2) is 4.79 Å². The second-order valence-corrected chi connectivity index (χ2v) is 6.59. The molecule has 1 aromatic carbocycles. The maximum absolute atomic E-state index is 11.1. The molecule has 1 N–H and O–H groups in total. The van der Waals surface area contributed by atoms with Gasteiger partial charge in [0, 0.05) is 31.5 Å². The van der Waals surface area contributed by atoms with Crippen LogP contribution in [0, 0.1) is 5.41 Å². The zero-order chi connectivity index (χ0) is 15.7. The van der Waals surface area contributed by atoms with E-state index in [1.165, 1.54) is 5.56 Å². The SMILES string of the molecule is CC1(C)CN(Cc2cccc(C(=O)O)c2)C1c1cccnc1. The quantitative estimate of drug-likeness (QED) is 0.940. The lowest BCUT2D eigenvalue weighted by Crippen LogP contribution is -2.54. The average molecular weight is 296 g/mol. The van der Waals surface area contributed by atoms with Gasteiger partial charge in [-0.2, -0.15) is 0 Å². The summed E-state index contributed by atoms with van der Waals surface area (Å²) in [6.07, 6.45) is 3.71.